The maximum atomic E-state index is 11.0. The number of hydrogen-bond donors (Lipinski definition) is 0. The first-order valence-corrected chi connectivity index (χ1v) is 3.79. The van der Waals surface area contributed by atoms with Crippen LogP contribution in [0.1, 0.15) is 19.8 Å². The number of likely N-dealkylation sites (tertiary alicyclic amines) is 1. The summed E-state index contributed by atoms with van der Waals surface area (Å²) in [6.45, 7) is 1.39. The highest BCUT2D eigenvalue weighted by Crippen LogP contribution is 2.22. The summed E-state index contributed by atoms with van der Waals surface area (Å²) in [5.41, 5.74) is 0. The zero-order valence-corrected chi connectivity index (χ0v) is 6.82. The molecule has 4 heteroatoms. The molecule has 62 valence electrons. The van der Waals surface area contributed by atoms with Crippen LogP contribution in [0.25, 0.3) is 0 Å². The van der Waals surface area contributed by atoms with Crippen molar-refractivity contribution in [2.24, 2.45) is 0 Å². The summed E-state index contributed by atoms with van der Waals surface area (Å²) in [5, 5.41) is 17.3. The summed E-state index contributed by atoms with van der Waals surface area (Å²) in [5.74, 6) is -0.189. The number of hydrogen-bond acceptors (Lipinski definition) is 3. The van der Waals surface area contributed by atoms with Crippen molar-refractivity contribution in [3.8, 4) is 12.1 Å². The van der Waals surface area contributed by atoms with E-state index < -0.39 is 12.1 Å². The summed E-state index contributed by atoms with van der Waals surface area (Å²) >= 11 is 0. The fourth-order valence-electron chi connectivity index (χ4n) is 1.50. The van der Waals surface area contributed by atoms with E-state index in [-0.39, 0.29) is 5.91 Å². The van der Waals surface area contributed by atoms with Crippen LogP contribution in [0.4, 0.5) is 0 Å². The van der Waals surface area contributed by atoms with Crippen LogP contribution in [0.2, 0.25) is 0 Å². The fraction of sp³-hybridized carbons (Fsp3) is 0.625. The van der Waals surface area contributed by atoms with Crippen LogP contribution in [0, 0.1) is 22.7 Å². The number of nitriles is 2. The third kappa shape index (κ3) is 1.24. The Morgan fingerprint density at radius 2 is 1.75 bits per heavy atom. The van der Waals surface area contributed by atoms with Crippen LogP contribution in [-0.2, 0) is 4.79 Å². The molecular formula is C8H9N3O. The summed E-state index contributed by atoms with van der Waals surface area (Å²) in [6.07, 6.45) is 1.24. The highest BCUT2D eigenvalue weighted by Gasteiger charge is 2.34. The molecule has 2 atom stereocenters. The normalized spacial score (nSPS) is 27.8. The fourth-order valence-corrected chi connectivity index (χ4v) is 1.50. The molecule has 1 heterocycles. The van der Waals surface area contributed by atoms with Crippen molar-refractivity contribution in [2.75, 3.05) is 0 Å². The lowest BCUT2D eigenvalue weighted by atomic mass is 10.2. The standard InChI is InChI=1S/C8H9N3O/c1-6(12)11-7(4-9)2-3-8(11)5-10/h7-8H,2-3H2,1H3/t7-,8+. The van der Waals surface area contributed by atoms with Crippen molar-refractivity contribution in [1.29, 1.82) is 10.5 Å². The Kier molecular flexibility index (Phi) is 2.30. The zero-order valence-electron chi connectivity index (χ0n) is 6.82. The Balaban J connectivity index is 2.83. The third-order valence-corrected chi connectivity index (χ3v) is 2.05. The van der Waals surface area contributed by atoms with Crippen LogP contribution in [0.3, 0.4) is 0 Å². The van der Waals surface area contributed by atoms with Crippen LogP contribution >= 0.6 is 0 Å². The van der Waals surface area contributed by atoms with Crippen LogP contribution in [0.15, 0.2) is 0 Å². The van der Waals surface area contributed by atoms with Gasteiger partial charge in [0.2, 0.25) is 5.91 Å². The van der Waals surface area contributed by atoms with Gasteiger partial charge in [-0.25, -0.2) is 0 Å². The van der Waals surface area contributed by atoms with E-state index in [1.807, 2.05) is 12.1 Å². The van der Waals surface area contributed by atoms with E-state index in [0.29, 0.717) is 12.8 Å². The second-order valence-corrected chi connectivity index (χ2v) is 2.79. The Labute approximate surface area is 71.0 Å². The number of carbonyl (C=O) groups is 1. The average Bonchev–Trinajstić information content (AvgIpc) is 2.46. The van der Waals surface area contributed by atoms with E-state index >= 15 is 0 Å². The van der Waals surface area contributed by atoms with Crippen molar-refractivity contribution in [1.82, 2.24) is 4.90 Å². The molecule has 1 saturated heterocycles. The zero-order chi connectivity index (χ0) is 9.14. The number of rotatable bonds is 0. The van der Waals surface area contributed by atoms with Gasteiger partial charge in [-0.15, -0.1) is 0 Å². The summed E-state index contributed by atoms with van der Waals surface area (Å²) in [7, 11) is 0. The van der Waals surface area contributed by atoms with Crippen molar-refractivity contribution < 1.29 is 4.79 Å². The van der Waals surface area contributed by atoms with Gasteiger partial charge >= 0.3 is 0 Å². The highest BCUT2D eigenvalue weighted by molar-refractivity contribution is 5.75. The van der Waals surface area contributed by atoms with Crippen LogP contribution in [-0.4, -0.2) is 22.9 Å². The second kappa shape index (κ2) is 3.23. The first-order valence-electron chi connectivity index (χ1n) is 3.79. The molecule has 1 aliphatic rings. The topological polar surface area (TPSA) is 67.9 Å². The molecule has 0 aromatic carbocycles. The molecule has 0 aliphatic carbocycles. The molecule has 0 aromatic heterocycles. The molecule has 12 heavy (non-hydrogen) atoms. The number of nitrogens with zero attached hydrogens (tertiary/aromatic N) is 3. The third-order valence-electron chi connectivity index (χ3n) is 2.05. The molecule has 0 N–H and O–H groups in total. The Hall–Kier alpha value is -1.55. The molecule has 0 spiro atoms. The van der Waals surface area contributed by atoms with Crippen LogP contribution < -0.4 is 0 Å². The van der Waals surface area contributed by atoms with E-state index in [1.165, 1.54) is 11.8 Å². The molecule has 1 amide bonds. The monoisotopic (exact) mass is 163 g/mol. The SMILES string of the molecule is CC(=O)N1[C@H](C#N)CC[C@@H]1C#N. The van der Waals surface area contributed by atoms with Gasteiger partial charge in [0.15, 0.2) is 0 Å². The maximum absolute atomic E-state index is 11.0. The van der Waals surface area contributed by atoms with Gasteiger partial charge in [0.25, 0.3) is 0 Å². The van der Waals surface area contributed by atoms with E-state index in [0.717, 1.165) is 0 Å². The Morgan fingerprint density at radius 1 is 1.33 bits per heavy atom. The van der Waals surface area contributed by atoms with Gasteiger partial charge in [0.05, 0.1) is 12.1 Å². The molecule has 1 fully saturated rings. The molecule has 4 nitrogen and oxygen atoms in total. The van der Waals surface area contributed by atoms with Crippen molar-refractivity contribution >= 4 is 5.91 Å². The van der Waals surface area contributed by atoms with Crippen LogP contribution in [0.5, 0.6) is 0 Å². The molecule has 0 saturated carbocycles. The van der Waals surface area contributed by atoms with E-state index in [4.69, 9.17) is 10.5 Å². The largest absolute Gasteiger partial charge is 0.311 e. The lowest BCUT2D eigenvalue weighted by Crippen LogP contribution is -2.38. The predicted molar refractivity (Wildman–Crippen MR) is 40.6 cm³/mol. The minimum absolute atomic E-state index is 0.189. The predicted octanol–water partition coefficient (Wildman–Crippen LogP) is 0.413. The number of amides is 1. The Bertz CT molecular complexity index is 251. The molecule has 1 rings (SSSR count). The quantitative estimate of drug-likeness (QED) is 0.519. The molecule has 0 bridgehead atoms. The maximum Gasteiger partial charge on any atom is 0.221 e. The van der Waals surface area contributed by atoms with Gasteiger partial charge in [-0.1, -0.05) is 0 Å². The molecule has 0 aromatic rings. The van der Waals surface area contributed by atoms with Gasteiger partial charge in [-0.3, -0.25) is 4.79 Å². The summed E-state index contributed by atoms with van der Waals surface area (Å²) < 4.78 is 0. The lowest BCUT2D eigenvalue weighted by Gasteiger charge is -2.20. The summed E-state index contributed by atoms with van der Waals surface area (Å²) in [4.78, 5) is 12.4. The molecular weight excluding hydrogens is 154 g/mol. The highest BCUT2D eigenvalue weighted by atomic mass is 16.2. The van der Waals surface area contributed by atoms with E-state index in [1.54, 1.807) is 0 Å². The van der Waals surface area contributed by atoms with E-state index in [2.05, 4.69) is 0 Å². The van der Waals surface area contributed by atoms with Gasteiger partial charge < -0.3 is 4.90 Å². The Morgan fingerprint density at radius 3 is 2.00 bits per heavy atom. The van der Waals surface area contributed by atoms with Crippen molar-refractivity contribution in [3.63, 3.8) is 0 Å². The van der Waals surface area contributed by atoms with Gasteiger partial charge in [0, 0.05) is 6.92 Å². The van der Waals surface area contributed by atoms with Crippen molar-refractivity contribution in [3.05, 3.63) is 0 Å². The van der Waals surface area contributed by atoms with Gasteiger partial charge in [-0.2, -0.15) is 10.5 Å². The first kappa shape index (κ1) is 8.55. The molecule has 0 radical (unpaired) electrons. The van der Waals surface area contributed by atoms with Crippen molar-refractivity contribution in [2.45, 2.75) is 31.8 Å². The minimum atomic E-state index is -0.396. The lowest BCUT2D eigenvalue weighted by molar-refractivity contribution is -0.129. The number of carbonyl (C=O) groups excluding carboxylic acids is 1. The smallest absolute Gasteiger partial charge is 0.221 e. The van der Waals surface area contributed by atoms with E-state index in [9.17, 15) is 4.79 Å². The molecule has 1 aliphatic heterocycles. The van der Waals surface area contributed by atoms with Gasteiger partial charge in [0.1, 0.15) is 12.1 Å². The minimum Gasteiger partial charge on any atom is -0.311 e. The second-order valence-electron chi connectivity index (χ2n) is 2.79. The average molecular weight is 163 g/mol. The van der Waals surface area contributed by atoms with Gasteiger partial charge in [-0.05, 0) is 12.8 Å². The molecule has 0 unspecified atom stereocenters. The first-order chi connectivity index (χ1) is 5.70. The summed E-state index contributed by atoms with van der Waals surface area (Å²) in [6, 6.07) is 3.23.